The molecule has 0 radical (unpaired) electrons. The fraction of sp³-hybridized carbons (Fsp3) is 0.375. The quantitative estimate of drug-likeness (QED) is 0.819. The van der Waals surface area contributed by atoms with Crippen molar-refractivity contribution in [1.29, 1.82) is 0 Å². The number of hydrogen-bond acceptors (Lipinski definition) is 2. The summed E-state index contributed by atoms with van der Waals surface area (Å²) in [5.41, 5.74) is 3.76. The molecule has 1 nitrogen and oxygen atoms in total. The second-order valence-electron chi connectivity index (χ2n) is 5.05. The van der Waals surface area contributed by atoms with Crippen molar-refractivity contribution in [3.8, 4) is 0 Å². The molecule has 102 valence electrons. The number of rotatable bonds is 4. The maximum Gasteiger partial charge on any atom is 0.0438 e. The lowest BCUT2D eigenvalue weighted by atomic mass is 10.1. The van der Waals surface area contributed by atoms with Crippen LogP contribution in [0.1, 0.15) is 39.4 Å². The van der Waals surface area contributed by atoms with Gasteiger partial charge >= 0.3 is 0 Å². The summed E-state index contributed by atoms with van der Waals surface area (Å²) in [6.45, 7) is 9.43. The Bertz CT molecular complexity index is 574. The predicted molar refractivity (Wildman–Crippen MR) is 85.2 cm³/mol. The van der Waals surface area contributed by atoms with Crippen molar-refractivity contribution < 1.29 is 0 Å². The second kappa shape index (κ2) is 6.08. The van der Waals surface area contributed by atoms with Crippen molar-refractivity contribution in [2.24, 2.45) is 0 Å². The van der Waals surface area contributed by atoms with Crippen molar-refractivity contribution >= 4 is 22.9 Å². The first-order valence-corrected chi connectivity index (χ1v) is 7.72. The highest BCUT2D eigenvalue weighted by Crippen LogP contribution is 2.26. The zero-order valence-corrected chi connectivity index (χ0v) is 13.5. The second-order valence-corrected chi connectivity index (χ2v) is 6.92. The molecule has 1 aromatic carbocycles. The molecule has 0 aliphatic rings. The van der Waals surface area contributed by atoms with E-state index >= 15 is 0 Å². The summed E-state index contributed by atoms with van der Waals surface area (Å²) in [4.78, 5) is 2.78. The van der Waals surface area contributed by atoms with Crippen LogP contribution in [0.15, 0.2) is 24.3 Å². The van der Waals surface area contributed by atoms with Gasteiger partial charge < -0.3 is 5.32 Å². The molecule has 1 unspecified atom stereocenters. The van der Waals surface area contributed by atoms with E-state index < -0.39 is 0 Å². The molecular weight excluding hydrogens is 274 g/mol. The summed E-state index contributed by atoms with van der Waals surface area (Å²) in [6.07, 6.45) is 0. The number of benzene rings is 1. The van der Waals surface area contributed by atoms with Gasteiger partial charge in [-0.15, -0.1) is 11.3 Å². The number of halogens is 1. The first-order chi connectivity index (χ1) is 8.97. The van der Waals surface area contributed by atoms with E-state index in [1.165, 1.54) is 20.9 Å². The SMILES string of the molecule is Cc1cc(C(C)NCc2ccc(C)c(Cl)c2)c(C)s1. The molecule has 2 aromatic rings. The maximum atomic E-state index is 6.15. The van der Waals surface area contributed by atoms with Gasteiger partial charge in [0.1, 0.15) is 0 Å². The first kappa shape index (κ1) is 14.6. The van der Waals surface area contributed by atoms with Crippen LogP contribution in [0.5, 0.6) is 0 Å². The molecule has 1 atom stereocenters. The summed E-state index contributed by atoms with van der Waals surface area (Å²) in [5, 5.41) is 4.41. The van der Waals surface area contributed by atoms with Gasteiger partial charge in [-0.1, -0.05) is 23.7 Å². The minimum atomic E-state index is 0.366. The standard InChI is InChI=1S/C16H20ClNS/c1-10-5-6-14(8-16(10)17)9-18-12(3)15-7-11(2)19-13(15)4/h5-8,12,18H,9H2,1-4H3. The molecule has 0 fully saturated rings. The van der Waals surface area contributed by atoms with Gasteiger partial charge in [0.25, 0.3) is 0 Å². The van der Waals surface area contributed by atoms with Crippen LogP contribution in [-0.2, 0) is 6.54 Å². The third-order valence-corrected chi connectivity index (χ3v) is 4.78. The lowest BCUT2D eigenvalue weighted by molar-refractivity contribution is 0.574. The molecule has 1 heterocycles. The van der Waals surface area contributed by atoms with E-state index in [-0.39, 0.29) is 0 Å². The highest BCUT2D eigenvalue weighted by atomic mass is 35.5. The topological polar surface area (TPSA) is 12.0 Å². The number of aryl methyl sites for hydroxylation is 3. The molecule has 19 heavy (non-hydrogen) atoms. The van der Waals surface area contributed by atoms with E-state index in [2.05, 4.69) is 44.3 Å². The van der Waals surface area contributed by atoms with Crippen molar-refractivity contribution in [3.05, 3.63) is 55.7 Å². The van der Waals surface area contributed by atoms with Gasteiger partial charge in [0.2, 0.25) is 0 Å². The Morgan fingerprint density at radius 1 is 1.21 bits per heavy atom. The van der Waals surface area contributed by atoms with E-state index in [4.69, 9.17) is 11.6 Å². The molecule has 0 aliphatic heterocycles. The normalized spacial score (nSPS) is 12.7. The van der Waals surface area contributed by atoms with E-state index in [9.17, 15) is 0 Å². The van der Waals surface area contributed by atoms with Crippen molar-refractivity contribution in [2.45, 2.75) is 40.3 Å². The molecule has 1 aromatic heterocycles. The summed E-state index contributed by atoms with van der Waals surface area (Å²) in [6, 6.07) is 8.89. The Morgan fingerprint density at radius 3 is 2.53 bits per heavy atom. The summed E-state index contributed by atoms with van der Waals surface area (Å²) in [7, 11) is 0. The molecule has 0 aliphatic carbocycles. The Balaban J connectivity index is 2.02. The molecule has 0 amide bonds. The van der Waals surface area contributed by atoms with E-state index in [1.54, 1.807) is 0 Å². The number of thiophene rings is 1. The molecule has 0 spiro atoms. The Kier molecular flexibility index (Phi) is 4.67. The lowest BCUT2D eigenvalue weighted by Crippen LogP contribution is -2.18. The summed E-state index contributed by atoms with van der Waals surface area (Å²) >= 11 is 8.01. The highest BCUT2D eigenvalue weighted by molar-refractivity contribution is 7.12. The third-order valence-electron chi connectivity index (χ3n) is 3.39. The van der Waals surface area contributed by atoms with Crippen LogP contribution in [0.2, 0.25) is 5.02 Å². The van der Waals surface area contributed by atoms with Crippen LogP contribution in [-0.4, -0.2) is 0 Å². The van der Waals surface area contributed by atoms with Gasteiger partial charge in [-0.2, -0.15) is 0 Å². The van der Waals surface area contributed by atoms with Gasteiger partial charge in [-0.05, 0) is 56.5 Å². The zero-order chi connectivity index (χ0) is 14.0. The van der Waals surface area contributed by atoms with Crippen LogP contribution in [0.25, 0.3) is 0 Å². The van der Waals surface area contributed by atoms with Gasteiger partial charge in [0.05, 0.1) is 0 Å². The van der Waals surface area contributed by atoms with Crippen molar-refractivity contribution in [1.82, 2.24) is 5.32 Å². The molecule has 3 heteroatoms. The van der Waals surface area contributed by atoms with Crippen LogP contribution in [0.4, 0.5) is 0 Å². The predicted octanol–water partition coefficient (Wildman–Crippen LogP) is 5.18. The fourth-order valence-electron chi connectivity index (χ4n) is 2.21. The van der Waals surface area contributed by atoms with Crippen LogP contribution >= 0.6 is 22.9 Å². The van der Waals surface area contributed by atoms with E-state index in [0.29, 0.717) is 6.04 Å². The number of nitrogens with one attached hydrogen (secondary N) is 1. The molecular formula is C16H20ClNS. The fourth-order valence-corrected chi connectivity index (χ4v) is 3.43. The van der Waals surface area contributed by atoms with Gasteiger partial charge in [-0.25, -0.2) is 0 Å². The molecule has 0 bridgehead atoms. The van der Waals surface area contributed by atoms with Gasteiger partial charge in [-0.3, -0.25) is 0 Å². The zero-order valence-electron chi connectivity index (χ0n) is 11.9. The lowest BCUT2D eigenvalue weighted by Gasteiger charge is -2.14. The van der Waals surface area contributed by atoms with Gasteiger partial charge in [0.15, 0.2) is 0 Å². The third kappa shape index (κ3) is 3.59. The van der Waals surface area contributed by atoms with Gasteiger partial charge in [0, 0.05) is 27.4 Å². The summed E-state index contributed by atoms with van der Waals surface area (Å²) in [5.74, 6) is 0. The molecule has 2 rings (SSSR count). The minimum absolute atomic E-state index is 0.366. The van der Waals surface area contributed by atoms with E-state index in [0.717, 1.165) is 17.1 Å². The van der Waals surface area contributed by atoms with Crippen molar-refractivity contribution in [3.63, 3.8) is 0 Å². The first-order valence-electron chi connectivity index (χ1n) is 6.52. The Labute approximate surface area is 124 Å². The Morgan fingerprint density at radius 2 is 1.95 bits per heavy atom. The van der Waals surface area contributed by atoms with Crippen LogP contribution in [0, 0.1) is 20.8 Å². The van der Waals surface area contributed by atoms with E-state index in [1.807, 2.05) is 24.3 Å². The highest BCUT2D eigenvalue weighted by Gasteiger charge is 2.10. The Hall–Kier alpha value is -0.830. The van der Waals surface area contributed by atoms with Crippen molar-refractivity contribution in [2.75, 3.05) is 0 Å². The van der Waals surface area contributed by atoms with Crippen LogP contribution < -0.4 is 5.32 Å². The average molecular weight is 294 g/mol. The van der Waals surface area contributed by atoms with Crippen LogP contribution in [0.3, 0.4) is 0 Å². The smallest absolute Gasteiger partial charge is 0.0438 e. The minimum Gasteiger partial charge on any atom is -0.306 e. The molecule has 1 N–H and O–H groups in total. The average Bonchev–Trinajstić information content (AvgIpc) is 2.70. The largest absolute Gasteiger partial charge is 0.306 e. The molecule has 0 saturated carbocycles. The number of hydrogen-bond donors (Lipinski definition) is 1. The maximum absolute atomic E-state index is 6.15. The molecule has 0 saturated heterocycles. The summed E-state index contributed by atoms with van der Waals surface area (Å²) < 4.78 is 0. The monoisotopic (exact) mass is 293 g/mol.